The molecule has 0 bridgehead atoms. The number of hydrogen-bond acceptors (Lipinski definition) is 1. The molecule has 0 unspecified atom stereocenters. The highest BCUT2D eigenvalue weighted by Crippen LogP contribution is 2.28. The van der Waals surface area contributed by atoms with E-state index in [1.54, 1.807) is 0 Å². The molecule has 0 saturated carbocycles. The predicted octanol–water partition coefficient (Wildman–Crippen LogP) is 4.53. The van der Waals surface area contributed by atoms with Gasteiger partial charge in [0, 0.05) is 16.2 Å². The number of halogens is 2. The molecular weight excluding hydrogens is 344 g/mol. The molecule has 2 nitrogen and oxygen atoms in total. The van der Waals surface area contributed by atoms with E-state index in [0.717, 1.165) is 26.0 Å². The van der Waals surface area contributed by atoms with Gasteiger partial charge in [0.2, 0.25) is 0 Å². The van der Waals surface area contributed by atoms with Crippen LogP contribution < -0.4 is 0 Å². The minimum atomic E-state index is 0.935. The lowest BCUT2D eigenvalue weighted by molar-refractivity contribution is 1.14. The summed E-state index contributed by atoms with van der Waals surface area (Å²) >= 11 is 7.06. The molecule has 0 aliphatic heterocycles. The van der Waals surface area contributed by atoms with E-state index >= 15 is 0 Å². The van der Waals surface area contributed by atoms with Crippen LogP contribution >= 0.6 is 31.9 Å². The molecule has 0 spiro atoms. The van der Waals surface area contributed by atoms with Crippen LogP contribution in [0, 0.1) is 0 Å². The summed E-state index contributed by atoms with van der Waals surface area (Å²) in [6, 6.07) is 14.1. The van der Waals surface area contributed by atoms with E-state index in [0.29, 0.717) is 0 Å². The van der Waals surface area contributed by atoms with Gasteiger partial charge in [0.15, 0.2) is 0 Å². The number of hydrogen-bond donors (Lipinski definition) is 0. The van der Waals surface area contributed by atoms with Crippen LogP contribution in [-0.2, 0) is 0 Å². The summed E-state index contributed by atoms with van der Waals surface area (Å²) in [7, 11) is 0. The minimum Gasteiger partial charge on any atom is -0.293 e. The molecule has 0 saturated heterocycles. The smallest absolute Gasteiger partial charge is 0.138 e. The normalized spacial score (nSPS) is 10.9. The number of fused-ring (bicyclic) bond motifs is 1. The molecule has 0 fully saturated rings. The summed E-state index contributed by atoms with van der Waals surface area (Å²) < 4.78 is 4.08. The fraction of sp³-hybridized carbons (Fsp3) is 0. The number of rotatable bonds is 1. The van der Waals surface area contributed by atoms with Gasteiger partial charge in [-0.2, -0.15) is 0 Å². The van der Waals surface area contributed by atoms with E-state index in [1.165, 1.54) is 0 Å². The zero-order chi connectivity index (χ0) is 11.8. The monoisotopic (exact) mass is 350 g/mol. The van der Waals surface area contributed by atoms with E-state index in [1.807, 2.05) is 47.0 Å². The molecule has 0 aliphatic carbocycles. The van der Waals surface area contributed by atoms with Crippen LogP contribution in [0.5, 0.6) is 0 Å². The first-order valence-electron chi connectivity index (χ1n) is 5.14. The Kier molecular flexibility index (Phi) is 2.76. The van der Waals surface area contributed by atoms with Crippen molar-refractivity contribution in [1.82, 2.24) is 9.38 Å². The Bertz CT molecular complexity index is 689. The molecule has 84 valence electrons. The first-order chi connectivity index (χ1) is 8.25. The largest absolute Gasteiger partial charge is 0.293 e. The maximum absolute atomic E-state index is 4.61. The lowest BCUT2D eigenvalue weighted by atomic mass is 10.2. The number of nitrogens with zero attached hydrogens (tertiary/aromatic N) is 2. The van der Waals surface area contributed by atoms with Crippen LogP contribution in [0.15, 0.2) is 57.7 Å². The van der Waals surface area contributed by atoms with Gasteiger partial charge in [0.1, 0.15) is 5.65 Å². The first kappa shape index (κ1) is 11.0. The molecule has 3 rings (SSSR count). The van der Waals surface area contributed by atoms with Crippen molar-refractivity contribution in [3.8, 4) is 11.3 Å². The van der Waals surface area contributed by atoms with E-state index in [2.05, 4.69) is 42.9 Å². The van der Waals surface area contributed by atoms with Gasteiger partial charge in [-0.3, -0.25) is 4.40 Å². The quantitative estimate of drug-likeness (QED) is 0.589. The maximum Gasteiger partial charge on any atom is 0.138 e. The number of aromatic nitrogens is 2. The number of benzene rings is 1. The van der Waals surface area contributed by atoms with Crippen molar-refractivity contribution in [2.45, 2.75) is 0 Å². The summed E-state index contributed by atoms with van der Waals surface area (Å²) in [6.07, 6.45) is 2.03. The average Bonchev–Trinajstić information content (AvgIpc) is 2.75. The number of imidazole rings is 1. The molecule has 0 amide bonds. The Morgan fingerprint density at radius 1 is 0.941 bits per heavy atom. The van der Waals surface area contributed by atoms with Crippen molar-refractivity contribution >= 4 is 37.5 Å². The SMILES string of the molecule is Brc1ccccc1-c1cn2c(Br)cccc2n1. The molecule has 3 aromatic rings. The first-order valence-corrected chi connectivity index (χ1v) is 6.73. The molecule has 2 heterocycles. The van der Waals surface area contributed by atoms with Gasteiger partial charge in [-0.1, -0.05) is 40.2 Å². The van der Waals surface area contributed by atoms with Crippen molar-refractivity contribution in [1.29, 1.82) is 0 Å². The third kappa shape index (κ3) is 1.91. The van der Waals surface area contributed by atoms with Crippen molar-refractivity contribution in [2.75, 3.05) is 0 Å². The summed E-state index contributed by atoms with van der Waals surface area (Å²) in [4.78, 5) is 4.61. The van der Waals surface area contributed by atoms with Gasteiger partial charge in [-0.05, 0) is 34.1 Å². The highest BCUT2D eigenvalue weighted by atomic mass is 79.9. The zero-order valence-electron chi connectivity index (χ0n) is 8.77. The van der Waals surface area contributed by atoms with Gasteiger partial charge in [-0.15, -0.1) is 0 Å². The third-order valence-electron chi connectivity index (χ3n) is 2.59. The Morgan fingerprint density at radius 2 is 1.76 bits per heavy atom. The maximum atomic E-state index is 4.61. The zero-order valence-corrected chi connectivity index (χ0v) is 11.9. The Balaban J connectivity index is 2.26. The standard InChI is InChI=1S/C13H8Br2N2/c14-10-5-2-1-4-9(10)11-8-17-12(15)6-3-7-13(17)16-11/h1-8H. The lowest BCUT2D eigenvalue weighted by Crippen LogP contribution is -1.82. The van der Waals surface area contributed by atoms with Gasteiger partial charge >= 0.3 is 0 Å². The van der Waals surface area contributed by atoms with Crippen molar-refractivity contribution in [3.63, 3.8) is 0 Å². The predicted molar refractivity (Wildman–Crippen MR) is 76.0 cm³/mol. The Morgan fingerprint density at radius 3 is 2.53 bits per heavy atom. The van der Waals surface area contributed by atoms with Crippen LogP contribution in [0.3, 0.4) is 0 Å². The van der Waals surface area contributed by atoms with Crippen molar-refractivity contribution in [3.05, 3.63) is 57.7 Å². The van der Waals surface area contributed by atoms with Crippen LogP contribution in [-0.4, -0.2) is 9.38 Å². The van der Waals surface area contributed by atoms with E-state index < -0.39 is 0 Å². The highest BCUT2D eigenvalue weighted by molar-refractivity contribution is 9.10. The fourth-order valence-electron chi connectivity index (χ4n) is 1.78. The second kappa shape index (κ2) is 4.27. The van der Waals surface area contributed by atoms with Gasteiger partial charge in [0.25, 0.3) is 0 Å². The molecule has 17 heavy (non-hydrogen) atoms. The van der Waals surface area contributed by atoms with Crippen LogP contribution in [0.4, 0.5) is 0 Å². The summed E-state index contributed by atoms with van der Waals surface area (Å²) in [5, 5.41) is 0. The molecule has 0 N–H and O–H groups in total. The lowest BCUT2D eigenvalue weighted by Gasteiger charge is -1.98. The molecule has 0 atom stereocenters. The van der Waals surface area contributed by atoms with E-state index in [-0.39, 0.29) is 0 Å². The molecule has 4 heteroatoms. The highest BCUT2D eigenvalue weighted by Gasteiger charge is 2.08. The average molecular weight is 352 g/mol. The minimum absolute atomic E-state index is 0.935. The van der Waals surface area contributed by atoms with Gasteiger partial charge < -0.3 is 0 Å². The van der Waals surface area contributed by atoms with Gasteiger partial charge in [-0.25, -0.2) is 4.98 Å². The molecule has 0 radical (unpaired) electrons. The Hall–Kier alpha value is -1.13. The summed E-state index contributed by atoms with van der Waals surface area (Å²) in [6.45, 7) is 0. The fourth-order valence-corrected chi connectivity index (χ4v) is 2.70. The van der Waals surface area contributed by atoms with Crippen LogP contribution in [0.2, 0.25) is 0 Å². The third-order valence-corrected chi connectivity index (χ3v) is 3.93. The topological polar surface area (TPSA) is 17.3 Å². The van der Waals surface area contributed by atoms with Crippen molar-refractivity contribution < 1.29 is 0 Å². The molecule has 2 aromatic heterocycles. The summed E-state index contributed by atoms with van der Waals surface area (Å²) in [5.41, 5.74) is 3.00. The second-order valence-electron chi connectivity index (χ2n) is 3.68. The molecule has 0 aliphatic rings. The van der Waals surface area contributed by atoms with Crippen molar-refractivity contribution in [2.24, 2.45) is 0 Å². The second-order valence-corrected chi connectivity index (χ2v) is 5.35. The van der Waals surface area contributed by atoms with Crippen LogP contribution in [0.1, 0.15) is 0 Å². The molecule has 1 aromatic carbocycles. The van der Waals surface area contributed by atoms with E-state index in [4.69, 9.17) is 0 Å². The Labute approximate surface area is 116 Å². The summed E-state index contributed by atoms with van der Waals surface area (Å²) in [5.74, 6) is 0. The number of pyridine rings is 1. The van der Waals surface area contributed by atoms with E-state index in [9.17, 15) is 0 Å². The molecular formula is C13H8Br2N2. The van der Waals surface area contributed by atoms with Gasteiger partial charge in [0.05, 0.1) is 10.3 Å². The van der Waals surface area contributed by atoms with Crippen LogP contribution in [0.25, 0.3) is 16.9 Å².